The highest BCUT2D eigenvalue weighted by molar-refractivity contribution is 6.32. The van der Waals surface area contributed by atoms with Crippen LogP contribution in [0.2, 0.25) is 10.0 Å². The Balaban J connectivity index is 1.95. The Morgan fingerprint density at radius 3 is 2.44 bits per heavy atom. The van der Waals surface area contributed by atoms with E-state index in [1.165, 1.54) is 18.2 Å². The molecule has 3 aromatic rings. The number of nitrogens with zero attached hydrogens (tertiary/aromatic N) is 3. The van der Waals surface area contributed by atoms with Crippen molar-refractivity contribution in [2.75, 3.05) is 5.32 Å². The normalized spacial score (nSPS) is 11.2. The number of anilines is 1. The fourth-order valence-corrected chi connectivity index (χ4v) is 3.71. The lowest BCUT2D eigenvalue weighted by atomic mass is 10.1. The highest BCUT2D eigenvalue weighted by atomic mass is 35.5. The summed E-state index contributed by atoms with van der Waals surface area (Å²) in [4.78, 5) is 23.1. The van der Waals surface area contributed by atoms with Crippen LogP contribution in [-0.4, -0.2) is 15.4 Å². The third-order valence-electron chi connectivity index (χ3n) is 4.95. The van der Waals surface area contributed by atoms with E-state index in [0.717, 1.165) is 17.0 Å². The molecule has 9 heteroatoms. The number of hydrogen-bond acceptors (Lipinski definition) is 4. The van der Waals surface area contributed by atoms with Crippen molar-refractivity contribution in [2.24, 2.45) is 0 Å². The SMILES string of the molecule is Cc1ccc(NC(=O)/C(C#N)=C\c2cc(C)n(-c3ccc([N+](=O)[O-])c(Cl)c3)c2C)cc1Cl. The molecule has 162 valence electrons. The number of rotatable bonds is 5. The Morgan fingerprint density at radius 2 is 1.84 bits per heavy atom. The van der Waals surface area contributed by atoms with E-state index in [1.54, 1.807) is 24.3 Å². The second kappa shape index (κ2) is 9.27. The number of nitriles is 1. The molecule has 7 nitrogen and oxygen atoms in total. The fourth-order valence-electron chi connectivity index (χ4n) is 3.29. The summed E-state index contributed by atoms with van der Waals surface area (Å²) in [6, 6.07) is 13.3. The first-order valence-electron chi connectivity index (χ1n) is 9.45. The van der Waals surface area contributed by atoms with Crippen LogP contribution in [-0.2, 0) is 4.79 Å². The second-order valence-corrected chi connectivity index (χ2v) is 7.96. The van der Waals surface area contributed by atoms with Crippen LogP contribution in [0, 0.1) is 42.2 Å². The topological polar surface area (TPSA) is 101 Å². The van der Waals surface area contributed by atoms with Crippen LogP contribution in [0.25, 0.3) is 11.8 Å². The molecule has 3 rings (SSSR count). The highest BCUT2D eigenvalue weighted by Crippen LogP contribution is 2.30. The van der Waals surface area contributed by atoms with Gasteiger partial charge in [0.15, 0.2) is 0 Å². The van der Waals surface area contributed by atoms with E-state index in [1.807, 2.05) is 37.5 Å². The number of halogens is 2. The molecule has 0 bridgehead atoms. The van der Waals surface area contributed by atoms with Crippen molar-refractivity contribution in [3.8, 4) is 11.8 Å². The van der Waals surface area contributed by atoms with Gasteiger partial charge in [0.05, 0.1) is 4.92 Å². The quantitative estimate of drug-likeness (QED) is 0.209. The van der Waals surface area contributed by atoms with E-state index >= 15 is 0 Å². The lowest BCUT2D eigenvalue weighted by Gasteiger charge is -2.10. The minimum atomic E-state index is -0.560. The number of aromatic nitrogens is 1. The largest absolute Gasteiger partial charge is 0.321 e. The molecule has 1 heterocycles. The summed E-state index contributed by atoms with van der Waals surface area (Å²) >= 11 is 12.2. The van der Waals surface area contributed by atoms with Crippen LogP contribution in [0.5, 0.6) is 0 Å². The van der Waals surface area contributed by atoms with E-state index < -0.39 is 10.8 Å². The molecule has 0 radical (unpaired) electrons. The molecule has 0 spiro atoms. The number of carbonyl (C=O) groups excluding carboxylic acids is 1. The second-order valence-electron chi connectivity index (χ2n) is 7.14. The van der Waals surface area contributed by atoms with Gasteiger partial charge in [-0.05, 0) is 68.3 Å². The zero-order valence-electron chi connectivity index (χ0n) is 17.4. The van der Waals surface area contributed by atoms with Crippen molar-refractivity contribution in [3.05, 3.63) is 90.7 Å². The average Bonchev–Trinajstić information content (AvgIpc) is 3.01. The Labute approximate surface area is 194 Å². The van der Waals surface area contributed by atoms with Crippen molar-refractivity contribution >= 4 is 46.6 Å². The van der Waals surface area contributed by atoms with Crippen molar-refractivity contribution in [2.45, 2.75) is 20.8 Å². The van der Waals surface area contributed by atoms with Gasteiger partial charge in [-0.25, -0.2) is 0 Å². The van der Waals surface area contributed by atoms with Gasteiger partial charge in [0.25, 0.3) is 11.6 Å². The Bertz CT molecular complexity index is 1320. The first-order valence-corrected chi connectivity index (χ1v) is 10.2. The molecule has 0 saturated carbocycles. The first kappa shape index (κ1) is 23.1. The minimum Gasteiger partial charge on any atom is -0.321 e. The molecule has 0 aliphatic carbocycles. The molecular formula is C23H18Cl2N4O3. The van der Waals surface area contributed by atoms with Crippen molar-refractivity contribution in [1.82, 2.24) is 4.57 Å². The van der Waals surface area contributed by atoms with Crippen LogP contribution in [0.1, 0.15) is 22.5 Å². The van der Waals surface area contributed by atoms with E-state index in [0.29, 0.717) is 22.0 Å². The average molecular weight is 469 g/mol. The number of aryl methyl sites for hydroxylation is 2. The monoisotopic (exact) mass is 468 g/mol. The van der Waals surface area contributed by atoms with Gasteiger partial charge in [0.1, 0.15) is 16.7 Å². The van der Waals surface area contributed by atoms with Crippen molar-refractivity contribution < 1.29 is 9.72 Å². The van der Waals surface area contributed by atoms with Gasteiger partial charge in [-0.15, -0.1) is 0 Å². The zero-order chi connectivity index (χ0) is 23.6. The smallest absolute Gasteiger partial charge is 0.288 e. The number of carbonyl (C=O) groups is 1. The summed E-state index contributed by atoms with van der Waals surface area (Å²) in [7, 11) is 0. The molecule has 2 aromatic carbocycles. The summed E-state index contributed by atoms with van der Waals surface area (Å²) in [5, 5.41) is 23.8. The third kappa shape index (κ3) is 4.67. The Morgan fingerprint density at radius 1 is 1.12 bits per heavy atom. The van der Waals surface area contributed by atoms with Crippen molar-refractivity contribution in [1.29, 1.82) is 5.26 Å². The summed E-state index contributed by atoms with van der Waals surface area (Å²) in [5.41, 5.74) is 3.93. The Hall–Kier alpha value is -3.60. The van der Waals surface area contributed by atoms with Gasteiger partial charge in [-0.2, -0.15) is 5.26 Å². The maximum atomic E-state index is 12.6. The molecule has 0 saturated heterocycles. The third-order valence-corrected chi connectivity index (χ3v) is 5.66. The summed E-state index contributed by atoms with van der Waals surface area (Å²) in [6.45, 7) is 5.52. The maximum absolute atomic E-state index is 12.6. The van der Waals surface area contributed by atoms with Gasteiger partial charge >= 0.3 is 0 Å². The lowest BCUT2D eigenvalue weighted by Crippen LogP contribution is -2.13. The number of amides is 1. The minimum absolute atomic E-state index is 0.0194. The van der Waals surface area contributed by atoms with E-state index in [-0.39, 0.29) is 16.3 Å². The molecule has 1 N–H and O–H groups in total. The van der Waals surface area contributed by atoms with E-state index in [4.69, 9.17) is 23.2 Å². The fraction of sp³-hybridized carbons (Fsp3) is 0.130. The summed E-state index contributed by atoms with van der Waals surface area (Å²) in [5.74, 6) is -0.560. The van der Waals surface area contributed by atoms with Crippen LogP contribution in [0.15, 0.2) is 48.0 Å². The van der Waals surface area contributed by atoms with Gasteiger partial charge in [0.2, 0.25) is 0 Å². The predicted molar refractivity (Wildman–Crippen MR) is 125 cm³/mol. The van der Waals surface area contributed by atoms with Crippen molar-refractivity contribution in [3.63, 3.8) is 0 Å². The summed E-state index contributed by atoms with van der Waals surface area (Å²) in [6.07, 6.45) is 1.50. The number of nitro benzene ring substituents is 1. The van der Waals surface area contributed by atoms with Crippen LogP contribution >= 0.6 is 23.2 Å². The first-order chi connectivity index (χ1) is 15.1. The number of benzene rings is 2. The van der Waals surface area contributed by atoms with Crippen LogP contribution in [0.3, 0.4) is 0 Å². The lowest BCUT2D eigenvalue weighted by molar-refractivity contribution is -0.384. The molecular weight excluding hydrogens is 451 g/mol. The number of nitro groups is 1. The number of hydrogen-bond donors (Lipinski definition) is 1. The van der Waals surface area contributed by atoms with Crippen LogP contribution < -0.4 is 5.32 Å². The van der Waals surface area contributed by atoms with Crippen LogP contribution in [0.4, 0.5) is 11.4 Å². The molecule has 0 aliphatic rings. The molecule has 0 unspecified atom stereocenters. The number of nitrogens with one attached hydrogen (secondary N) is 1. The predicted octanol–water partition coefficient (Wildman–Crippen LogP) is 6.16. The molecule has 32 heavy (non-hydrogen) atoms. The molecule has 0 atom stereocenters. The Kier molecular flexibility index (Phi) is 6.68. The van der Waals surface area contributed by atoms with Gasteiger partial charge in [0, 0.05) is 33.9 Å². The molecule has 1 amide bonds. The highest BCUT2D eigenvalue weighted by Gasteiger charge is 2.17. The molecule has 0 aliphatic heterocycles. The standard InChI is InChI=1S/C23H18Cl2N4O3/c1-13-4-5-18(10-20(13)24)27-23(30)17(12-26)9-16-8-14(2)28(15(16)3)19-6-7-22(29(31)32)21(25)11-19/h4-11H,1-3H3,(H,27,30)/b17-9-. The van der Waals surface area contributed by atoms with E-state index in [2.05, 4.69) is 5.32 Å². The molecule has 1 aromatic heterocycles. The maximum Gasteiger partial charge on any atom is 0.288 e. The zero-order valence-corrected chi connectivity index (χ0v) is 19.0. The van der Waals surface area contributed by atoms with Gasteiger partial charge in [-0.3, -0.25) is 14.9 Å². The molecule has 0 fully saturated rings. The van der Waals surface area contributed by atoms with Gasteiger partial charge < -0.3 is 9.88 Å². The van der Waals surface area contributed by atoms with Gasteiger partial charge in [-0.1, -0.05) is 29.3 Å². The summed E-state index contributed by atoms with van der Waals surface area (Å²) < 4.78 is 1.84. The van der Waals surface area contributed by atoms with E-state index in [9.17, 15) is 20.2 Å².